The summed E-state index contributed by atoms with van der Waals surface area (Å²) < 4.78 is 10.8. The second-order valence-corrected chi connectivity index (χ2v) is 6.36. The van der Waals surface area contributed by atoms with Gasteiger partial charge in [-0.3, -0.25) is 10.6 Å². The Morgan fingerprint density at radius 1 is 1.18 bits per heavy atom. The number of carbonyl (C=O) groups excluding carboxylic acids is 1. The molecule has 0 unspecified atom stereocenters. The smallest absolute Gasteiger partial charge is 0.254 e. The Balaban J connectivity index is 1.40. The summed E-state index contributed by atoms with van der Waals surface area (Å²) in [6.07, 6.45) is 3.31. The molecule has 0 bridgehead atoms. The van der Waals surface area contributed by atoms with Crippen LogP contribution in [0.1, 0.15) is 35.2 Å². The number of benzene rings is 1. The monoisotopic (exact) mass is 303 g/mol. The molecule has 0 radical (unpaired) electrons. The zero-order valence-corrected chi connectivity index (χ0v) is 12.6. The van der Waals surface area contributed by atoms with E-state index < -0.39 is 0 Å². The normalized spacial score (nSPS) is 21.5. The maximum absolute atomic E-state index is 12.5. The van der Waals surface area contributed by atoms with Gasteiger partial charge in [0.05, 0.1) is 0 Å². The molecule has 6 heteroatoms. The first-order valence-electron chi connectivity index (χ1n) is 7.92. The number of nitrogens with zero attached hydrogens (tertiary/aromatic N) is 2. The van der Waals surface area contributed by atoms with Crippen LogP contribution in [0.5, 0.6) is 11.5 Å². The van der Waals surface area contributed by atoms with Crippen LogP contribution in [0, 0.1) is 5.92 Å². The summed E-state index contributed by atoms with van der Waals surface area (Å²) in [5.74, 6) is 8.01. The number of rotatable bonds is 3. The highest BCUT2D eigenvalue weighted by Crippen LogP contribution is 2.38. The minimum absolute atomic E-state index is 0.115. The second-order valence-electron chi connectivity index (χ2n) is 6.36. The summed E-state index contributed by atoms with van der Waals surface area (Å²) in [4.78, 5) is 14.5. The lowest BCUT2D eigenvalue weighted by Gasteiger charge is -2.29. The van der Waals surface area contributed by atoms with Crippen molar-refractivity contribution in [2.45, 2.75) is 25.8 Å². The van der Waals surface area contributed by atoms with Crippen LogP contribution in [0.2, 0.25) is 0 Å². The third kappa shape index (κ3) is 2.42. The molecule has 118 valence electrons. The van der Waals surface area contributed by atoms with Gasteiger partial charge in [0.15, 0.2) is 11.5 Å². The number of amides is 1. The van der Waals surface area contributed by atoms with E-state index in [1.807, 2.05) is 22.0 Å². The van der Waals surface area contributed by atoms with Gasteiger partial charge in [0.1, 0.15) is 0 Å². The number of piperidine rings is 1. The summed E-state index contributed by atoms with van der Waals surface area (Å²) in [5.41, 5.74) is 1.81. The number of nitrogens with two attached hydrogens (primary N) is 1. The van der Waals surface area contributed by atoms with Gasteiger partial charge in [-0.2, -0.15) is 0 Å². The van der Waals surface area contributed by atoms with Crippen LogP contribution in [0.25, 0.3) is 0 Å². The van der Waals surface area contributed by atoms with Crippen molar-refractivity contribution in [3.05, 3.63) is 23.3 Å². The molecule has 1 amide bonds. The highest BCUT2D eigenvalue weighted by Gasteiger charge is 2.31. The Bertz CT molecular complexity index is 597. The number of hydrogen-bond donors (Lipinski definition) is 1. The molecule has 1 saturated heterocycles. The van der Waals surface area contributed by atoms with E-state index >= 15 is 0 Å². The zero-order chi connectivity index (χ0) is 15.1. The quantitative estimate of drug-likeness (QED) is 0.854. The molecule has 1 aromatic rings. The van der Waals surface area contributed by atoms with Gasteiger partial charge in [-0.25, -0.2) is 5.01 Å². The summed E-state index contributed by atoms with van der Waals surface area (Å²) in [6, 6.07) is 3.77. The van der Waals surface area contributed by atoms with E-state index in [1.54, 1.807) is 0 Å². The van der Waals surface area contributed by atoms with Gasteiger partial charge in [0.25, 0.3) is 5.91 Å². The Hall–Kier alpha value is -1.79. The van der Waals surface area contributed by atoms with E-state index in [2.05, 4.69) is 0 Å². The molecule has 6 nitrogen and oxygen atoms in total. The molecule has 0 saturated carbocycles. The third-order valence-electron chi connectivity index (χ3n) is 4.93. The van der Waals surface area contributed by atoms with Crippen molar-refractivity contribution < 1.29 is 14.3 Å². The minimum atomic E-state index is 0.115. The molecule has 0 atom stereocenters. The lowest BCUT2D eigenvalue weighted by Crippen LogP contribution is -2.39. The van der Waals surface area contributed by atoms with Gasteiger partial charge in [-0.15, -0.1) is 0 Å². The summed E-state index contributed by atoms with van der Waals surface area (Å²) >= 11 is 0. The first-order valence-corrected chi connectivity index (χ1v) is 7.92. The Morgan fingerprint density at radius 3 is 2.68 bits per heavy atom. The molecule has 22 heavy (non-hydrogen) atoms. The van der Waals surface area contributed by atoms with E-state index in [1.165, 1.54) is 0 Å². The lowest BCUT2D eigenvalue weighted by molar-refractivity contribution is 0.0757. The Kier molecular flexibility index (Phi) is 3.43. The number of ether oxygens (including phenoxy) is 2. The first-order chi connectivity index (χ1) is 10.7. The maximum Gasteiger partial charge on any atom is 0.254 e. The van der Waals surface area contributed by atoms with Crippen LogP contribution < -0.4 is 15.3 Å². The standard InChI is InChI=1S/C16H21N3O3/c17-19-5-2-11(3-6-19)1-4-18-9-12-7-14-15(22-10-21-14)8-13(12)16(18)20/h7-8,11H,1-6,9-10,17H2. The number of carbonyl (C=O) groups is 1. The predicted molar refractivity (Wildman–Crippen MR) is 80.4 cm³/mol. The average Bonchev–Trinajstić information content (AvgIpc) is 3.09. The largest absolute Gasteiger partial charge is 0.454 e. The van der Waals surface area contributed by atoms with Gasteiger partial charge >= 0.3 is 0 Å². The third-order valence-corrected chi connectivity index (χ3v) is 4.93. The van der Waals surface area contributed by atoms with Crippen molar-refractivity contribution in [1.29, 1.82) is 0 Å². The summed E-state index contributed by atoms with van der Waals surface area (Å²) in [6.45, 7) is 3.66. The first kappa shape index (κ1) is 13.8. The molecule has 4 rings (SSSR count). The average molecular weight is 303 g/mol. The van der Waals surface area contributed by atoms with Gasteiger partial charge in [-0.05, 0) is 42.9 Å². The molecule has 3 aliphatic rings. The van der Waals surface area contributed by atoms with Gasteiger partial charge in [0.2, 0.25) is 6.79 Å². The van der Waals surface area contributed by atoms with Crippen molar-refractivity contribution in [2.24, 2.45) is 11.8 Å². The van der Waals surface area contributed by atoms with E-state index in [4.69, 9.17) is 15.3 Å². The fraction of sp³-hybridized carbons (Fsp3) is 0.562. The molecule has 2 N–H and O–H groups in total. The van der Waals surface area contributed by atoms with Crippen LogP contribution >= 0.6 is 0 Å². The van der Waals surface area contributed by atoms with E-state index in [-0.39, 0.29) is 12.7 Å². The van der Waals surface area contributed by atoms with Gasteiger partial charge in [-0.1, -0.05) is 0 Å². The van der Waals surface area contributed by atoms with Crippen molar-refractivity contribution in [3.8, 4) is 11.5 Å². The molecular formula is C16H21N3O3. The summed E-state index contributed by atoms with van der Waals surface area (Å²) in [7, 11) is 0. The SMILES string of the molecule is NN1CCC(CCN2Cc3cc4c(cc3C2=O)OCO4)CC1. The van der Waals surface area contributed by atoms with Gasteiger partial charge in [0, 0.05) is 31.7 Å². The molecule has 3 aliphatic heterocycles. The fourth-order valence-corrected chi connectivity index (χ4v) is 3.52. The van der Waals surface area contributed by atoms with Gasteiger partial charge < -0.3 is 14.4 Å². The highest BCUT2D eigenvalue weighted by atomic mass is 16.7. The molecule has 1 fully saturated rings. The molecule has 3 heterocycles. The maximum atomic E-state index is 12.5. The summed E-state index contributed by atoms with van der Waals surface area (Å²) in [5, 5.41) is 1.88. The van der Waals surface area contributed by atoms with Crippen molar-refractivity contribution in [3.63, 3.8) is 0 Å². The lowest BCUT2D eigenvalue weighted by atomic mass is 9.94. The van der Waals surface area contributed by atoms with Crippen molar-refractivity contribution in [2.75, 3.05) is 26.4 Å². The fourth-order valence-electron chi connectivity index (χ4n) is 3.52. The topological polar surface area (TPSA) is 68.0 Å². The van der Waals surface area contributed by atoms with Crippen LogP contribution in [-0.4, -0.2) is 42.2 Å². The van der Waals surface area contributed by atoms with Crippen molar-refractivity contribution >= 4 is 5.91 Å². The molecule has 0 aromatic heterocycles. The zero-order valence-electron chi connectivity index (χ0n) is 12.6. The Labute approximate surface area is 129 Å². The van der Waals surface area contributed by atoms with E-state index in [9.17, 15) is 4.79 Å². The number of hydrazine groups is 1. The van der Waals surface area contributed by atoms with E-state index in [0.717, 1.165) is 55.8 Å². The molecule has 1 aromatic carbocycles. The Morgan fingerprint density at radius 2 is 1.91 bits per heavy atom. The molecular weight excluding hydrogens is 282 g/mol. The van der Waals surface area contributed by atoms with Crippen LogP contribution in [0.3, 0.4) is 0 Å². The van der Waals surface area contributed by atoms with Crippen LogP contribution in [0.4, 0.5) is 0 Å². The van der Waals surface area contributed by atoms with E-state index in [0.29, 0.717) is 18.2 Å². The molecule has 0 aliphatic carbocycles. The van der Waals surface area contributed by atoms with Crippen molar-refractivity contribution in [1.82, 2.24) is 9.91 Å². The minimum Gasteiger partial charge on any atom is -0.454 e. The van der Waals surface area contributed by atoms with Crippen LogP contribution in [-0.2, 0) is 6.54 Å². The second kappa shape index (κ2) is 5.44. The number of hydrogen-bond acceptors (Lipinski definition) is 5. The number of fused-ring (bicyclic) bond motifs is 2. The van der Waals surface area contributed by atoms with Crippen LogP contribution in [0.15, 0.2) is 12.1 Å². The predicted octanol–water partition coefficient (Wildman–Crippen LogP) is 1.35. The highest BCUT2D eigenvalue weighted by molar-refractivity contribution is 5.99. The molecule has 0 spiro atoms.